The lowest BCUT2D eigenvalue weighted by Gasteiger charge is -1.97. The van der Waals surface area contributed by atoms with Crippen LogP contribution >= 0.6 is 12.2 Å². The molecule has 18 heavy (non-hydrogen) atoms. The molecule has 0 saturated carbocycles. The van der Waals surface area contributed by atoms with Crippen molar-refractivity contribution < 1.29 is 4.42 Å². The summed E-state index contributed by atoms with van der Waals surface area (Å²) < 4.78 is 7.00. The molecule has 0 aliphatic carbocycles. The average molecular weight is 264 g/mol. The van der Waals surface area contributed by atoms with Crippen molar-refractivity contribution in [2.45, 2.75) is 40.7 Å². The number of hydrogen-bond donors (Lipinski definition) is 0. The summed E-state index contributed by atoms with van der Waals surface area (Å²) >= 11 is 5.08. The van der Waals surface area contributed by atoms with E-state index >= 15 is 0 Å². The lowest BCUT2D eigenvalue weighted by Crippen LogP contribution is -1.97. The molecule has 0 unspecified atom stereocenters. The van der Waals surface area contributed by atoms with Gasteiger partial charge in [-0.25, -0.2) is 4.68 Å². The summed E-state index contributed by atoms with van der Waals surface area (Å²) in [5, 5.41) is 4.26. The highest BCUT2D eigenvalue weighted by atomic mass is 32.1. The predicted molar refractivity (Wildman–Crippen MR) is 77.0 cm³/mol. The summed E-state index contributed by atoms with van der Waals surface area (Å²) in [5.41, 5.74) is 2.54. The second-order valence-electron chi connectivity index (χ2n) is 4.05. The van der Waals surface area contributed by atoms with Crippen molar-refractivity contribution in [2.75, 3.05) is 0 Å². The van der Waals surface area contributed by atoms with E-state index in [1.165, 1.54) is 11.1 Å². The van der Waals surface area contributed by atoms with Crippen LogP contribution in [-0.4, -0.2) is 9.78 Å². The van der Waals surface area contributed by atoms with Crippen molar-refractivity contribution in [1.82, 2.24) is 9.78 Å². The molecule has 0 spiro atoms. The lowest BCUT2D eigenvalue weighted by molar-refractivity contribution is 0.479. The smallest absolute Gasteiger partial charge is 0.287 e. The van der Waals surface area contributed by atoms with Gasteiger partial charge in [-0.1, -0.05) is 36.8 Å². The first-order chi connectivity index (χ1) is 8.58. The van der Waals surface area contributed by atoms with E-state index < -0.39 is 0 Å². The third kappa shape index (κ3) is 4.11. The Morgan fingerprint density at radius 1 is 1.39 bits per heavy atom. The van der Waals surface area contributed by atoms with E-state index in [4.69, 9.17) is 16.6 Å². The molecule has 3 nitrogen and oxygen atoms in total. The molecule has 0 saturated heterocycles. The fraction of sp³-hybridized carbons (Fsp3) is 0.429. The molecule has 0 atom stereocenters. The summed E-state index contributed by atoms with van der Waals surface area (Å²) in [6.45, 7) is 8.86. The zero-order valence-corrected chi connectivity index (χ0v) is 12.3. The average Bonchev–Trinajstić information content (AvgIpc) is 2.74. The molecule has 0 N–H and O–H groups in total. The number of rotatable bonds is 5. The molecule has 4 heteroatoms. The van der Waals surface area contributed by atoms with Gasteiger partial charge in [-0.15, -0.1) is 5.10 Å². The van der Waals surface area contributed by atoms with E-state index in [1.54, 1.807) is 4.68 Å². The summed E-state index contributed by atoms with van der Waals surface area (Å²) in [5.74, 6) is 0.685. The maximum absolute atomic E-state index is 5.31. The molecule has 98 valence electrons. The van der Waals surface area contributed by atoms with Crippen molar-refractivity contribution in [2.24, 2.45) is 0 Å². The van der Waals surface area contributed by atoms with Crippen LogP contribution in [-0.2, 0) is 13.0 Å². The van der Waals surface area contributed by atoms with Crippen molar-refractivity contribution in [3.05, 3.63) is 46.2 Å². The van der Waals surface area contributed by atoms with E-state index in [0.717, 1.165) is 6.42 Å². The number of aryl methyl sites for hydroxylation is 1. The lowest BCUT2D eigenvalue weighted by atomic mass is 10.1. The molecular formula is C14H20N2OS. The molecular weight excluding hydrogens is 244 g/mol. The molecule has 0 bridgehead atoms. The molecule has 0 aliphatic rings. The van der Waals surface area contributed by atoms with Gasteiger partial charge in [-0.05, 0) is 38.6 Å². The van der Waals surface area contributed by atoms with E-state index in [0.29, 0.717) is 17.3 Å². The summed E-state index contributed by atoms with van der Waals surface area (Å²) in [4.78, 5) is 0.432. The van der Waals surface area contributed by atoms with Crippen molar-refractivity contribution in [3.63, 3.8) is 0 Å². The number of aromatic nitrogens is 2. The Bertz CT molecular complexity index is 532. The molecule has 1 aromatic rings. The minimum Gasteiger partial charge on any atom is -0.414 e. The van der Waals surface area contributed by atoms with Crippen LogP contribution in [0.2, 0.25) is 0 Å². The molecule has 0 aliphatic heterocycles. The van der Waals surface area contributed by atoms with Gasteiger partial charge in [0.05, 0.1) is 6.54 Å². The van der Waals surface area contributed by atoms with Crippen LogP contribution in [0.4, 0.5) is 0 Å². The van der Waals surface area contributed by atoms with Gasteiger partial charge in [-0.2, -0.15) is 0 Å². The summed E-state index contributed by atoms with van der Waals surface area (Å²) in [6, 6.07) is 0. The maximum Gasteiger partial charge on any atom is 0.287 e. The van der Waals surface area contributed by atoms with Crippen LogP contribution < -0.4 is 0 Å². The molecule has 0 fully saturated rings. The van der Waals surface area contributed by atoms with Crippen LogP contribution in [0, 0.1) is 4.84 Å². The third-order valence-electron chi connectivity index (χ3n) is 2.77. The van der Waals surface area contributed by atoms with Crippen LogP contribution in [0.5, 0.6) is 0 Å². The molecule has 1 heterocycles. The van der Waals surface area contributed by atoms with Crippen molar-refractivity contribution >= 4 is 12.2 Å². The SMILES string of the molecule is C\C=C(C)/C(C)=C\C=C\Cn1nc(CC)oc1=S. The minimum atomic E-state index is 0.432. The maximum atomic E-state index is 5.31. The number of hydrogen-bond acceptors (Lipinski definition) is 3. The zero-order chi connectivity index (χ0) is 13.5. The van der Waals surface area contributed by atoms with E-state index in [-0.39, 0.29) is 0 Å². The molecule has 1 rings (SSSR count). The van der Waals surface area contributed by atoms with Crippen LogP contribution in [0.1, 0.15) is 33.6 Å². The Balaban J connectivity index is 2.65. The monoisotopic (exact) mass is 264 g/mol. The Morgan fingerprint density at radius 2 is 2.11 bits per heavy atom. The van der Waals surface area contributed by atoms with E-state index in [9.17, 15) is 0 Å². The van der Waals surface area contributed by atoms with Crippen LogP contribution in [0.15, 0.2) is 39.9 Å². The predicted octanol–water partition coefficient (Wildman–Crippen LogP) is 4.24. The van der Waals surface area contributed by atoms with Crippen molar-refractivity contribution in [1.29, 1.82) is 0 Å². The second-order valence-corrected chi connectivity index (χ2v) is 4.40. The van der Waals surface area contributed by atoms with E-state index in [2.05, 4.69) is 31.1 Å². The van der Waals surface area contributed by atoms with Gasteiger partial charge in [0.25, 0.3) is 4.84 Å². The number of allylic oxidation sites excluding steroid dienone is 6. The minimum absolute atomic E-state index is 0.432. The van der Waals surface area contributed by atoms with E-state index in [1.807, 2.05) is 26.0 Å². The summed E-state index contributed by atoms with van der Waals surface area (Å²) in [7, 11) is 0. The zero-order valence-electron chi connectivity index (χ0n) is 11.4. The molecule has 0 radical (unpaired) electrons. The third-order valence-corrected chi connectivity index (χ3v) is 3.06. The highest BCUT2D eigenvalue weighted by Gasteiger charge is 2.00. The quantitative estimate of drug-likeness (QED) is 0.589. The van der Waals surface area contributed by atoms with Gasteiger partial charge in [0, 0.05) is 6.42 Å². The first-order valence-electron chi connectivity index (χ1n) is 6.12. The Morgan fingerprint density at radius 3 is 2.67 bits per heavy atom. The van der Waals surface area contributed by atoms with Crippen LogP contribution in [0.3, 0.4) is 0 Å². The Labute approximate surface area is 114 Å². The first kappa shape index (κ1) is 14.6. The van der Waals surface area contributed by atoms with Gasteiger partial charge in [0.1, 0.15) is 0 Å². The highest BCUT2D eigenvalue weighted by molar-refractivity contribution is 7.71. The van der Waals surface area contributed by atoms with Gasteiger partial charge in [0.15, 0.2) is 0 Å². The first-order valence-corrected chi connectivity index (χ1v) is 6.52. The largest absolute Gasteiger partial charge is 0.414 e. The fourth-order valence-electron chi connectivity index (χ4n) is 1.34. The topological polar surface area (TPSA) is 31.0 Å². The normalized spacial score (nSPS) is 13.6. The van der Waals surface area contributed by atoms with Crippen molar-refractivity contribution in [3.8, 4) is 0 Å². The van der Waals surface area contributed by atoms with Crippen LogP contribution in [0.25, 0.3) is 0 Å². The Kier molecular flexibility index (Phi) is 5.78. The van der Waals surface area contributed by atoms with Gasteiger partial charge in [0.2, 0.25) is 5.89 Å². The number of nitrogens with zero attached hydrogens (tertiary/aromatic N) is 2. The van der Waals surface area contributed by atoms with Gasteiger partial charge < -0.3 is 4.42 Å². The fourth-order valence-corrected chi connectivity index (χ4v) is 1.55. The standard InChI is InChI=1S/C14H20N2OS/c1-5-11(3)12(4)9-7-8-10-16-14(18)17-13(6-2)15-16/h5,7-9H,6,10H2,1-4H3/b8-7+,11-5-,12-9-. The summed E-state index contributed by atoms with van der Waals surface area (Å²) in [6.07, 6.45) is 8.98. The molecule has 1 aromatic heterocycles. The van der Waals surface area contributed by atoms with Gasteiger partial charge in [-0.3, -0.25) is 0 Å². The molecule has 0 aromatic carbocycles. The van der Waals surface area contributed by atoms with Gasteiger partial charge >= 0.3 is 0 Å². The molecule has 0 amide bonds. The second kappa shape index (κ2) is 7.11. The Hall–Kier alpha value is -1.42. The highest BCUT2D eigenvalue weighted by Crippen LogP contribution is 2.07.